The minimum Gasteiger partial charge on any atom is -0.444 e. The summed E-state index contributed by atoms with van der Waals surface area (Å²) in [5, 5.41) is 0.635. The molecule has 1 N–H and O–H groups in total. The van der Waals surface area contributed by atoms with E-state index in [1.54, 1.807) is 30.0 Å². The van der Waals surface area contributed by atoms with E-state index in [9.17, 15) is 13.2 Å². The number of piperazine rings is 1. The number of sulfonamides is 1. The van der Waals surface area contributed by atoms with Crippen LogP contribution in [0.2, 0.25) is 5.28 Å². The summed E-state index contributed by atoms with van der Waals surface area (Å²) in [7, 11) is -3.71. The molecule has 39 heavy (non-hydrogen) atoms. The highest BCUT2D eigenvalue weighted by atomic mass is 35.5. The molecule has 0 saturated carbocycles. The largest absolute Gasteiger partial charge is 0.444 e. The van der Waals surface area contributed by atoms with Gasteiger partial charge < -0.3 is 14.5 Å². The predicted molar refractivity (Wildman–Crippen MR) is 151 cm³/mol. The van der Waals surface area contributed by atoms with Crippen molar-refractivity contribution in [3.05, 3.63) is 41.6 Å². The molecule has 1 aliphatic heterocycles. The van der Waals surface area contributed by atoms with Gasteiger partial charge in [-0.1, -0.05) is 24.3 Å². The van der Waals surface area contributed by atoms with Crippen molar-refractivity contribution in [1.82, 2.24) is 19.9 Å². The molecule has 1 amide bonds. The molecule has 0 radical (unpaired) electrons. The van der Waals surface area contributed by atoms with Crippen LogP contribution in [0.3, 0.4) is 0 Å². The third kappa shape index (κ3) is 7.14. The monoisotopic (exact) mass is 596 g/mol. The molecule has 0 atom stereocenters. The maximum atomic E-state index is 15.7. The molecular weight excluding hydrogens is 567 g/mol. The number of thiazole rings is 1. The Morgan fingerprint density at radius 3 is 2.54 bits per heavy atom. The van der Waals surface area contributed by atoms with Gasteiger partial charge in [-0.15, -0.1) is 0 Å². The number of benzene rings is 1. The molecule has 1 saturated heterocycles. The minimum absolute atomic E-state index is 0.0286. The summed E-state index contributed by atoms with van der Waals surface area (Å²) < 4.78 is 48.2. The van der Waals surface area contributed by atoms with Gasteiger partial charge >= 0.3 is 6.09 Å². The quantitative estimate of drug-likeness (QED) is 0.367. The number of anilines is 2. The lowest BCUT2D eigenvalue weighted by Gasteiger charge is -2.35. The van der Waals surface area contributed by atoms with E-state index in [-0.39, 0.29) is 28.4 Å². The second-order valence-electron chi connectivity index (χ2n) is 9.93. The van der Waals surface area contributed by atoms with E-state index >= 15 is 4.39 Å². The van der Waals surface area contributed by atoms with Crippen molar-refractivity contribution in [2.75, 3.05) is 41.6 Å². The molecule has 0 bridgehead atoms. The lowest BCUT2D eigenvalue weighted by molar-refractivity contribution is 0.0240. The molecule has 0 spiro atoms. The second-order valence-corrected chi connectivity index (χ2v) is 13.1. The summed E-state index contributed by atoms with van der Waals surface area (Å²) in [5.74, 6) is -0.873. The van der Waals surface area contributed by atoms with Crippen LogP contribution in [0, 0.1) is 5.82 Å². The number of aromatic nitrogens is 3. The van der Waals surface area contributed by atoms with Gasteiger partial charge in [-0.2, -0.15) is 0 Å². The van der Waals surface area contributed by atoms with Gasteiger partial charge in [0.15, 0.2) is 10.9 Å². The van der Waals surface area contributed by atoms with Crippen molar-refractivity contribution in [3.8, 4) is 21.8 Å². The molecule has 4 rings (SSSR count). The maximum Gasteiger partial charge on any atom is 0.410 e. The first-order chi connectivity index (χ1) is 18.4. The number of ether oxygens (including phenoxy) is 1. The van der Waals surface area contributed by atoms with Crippen LogP contribution in [0.25, 0.3) is 21.8 Å². The first-order valence-corrected chi connectivity index (χ1v) is 15.2. The Hall–Kier alpha value is -3.03. The number of rotatable bonds is 7. The van der Waals surface area contributed by atoms with Crippen LogP contribution in [0.5, 0.6) is 0 Å². The van der Waals surface area contributed by atoms with Crippen molar-refractivity contribution < 1.29 is 22.3 Å². The maximum absolute atomic E-state index is 15.7. The standard InChI is InChI=1S/C25H30ClFN6O4S2/c1-5-15-39(35,36)31-17-8-6-7-16(19(17)27)20-21(18-9-10-28-22(26)29-18)38-23(30-20)32-11-13-33(14-12-32)24(34)37-25(2,3)4/h6-10,31H,5,11-15H2,1-4H3. The van der Waals surface area contributed by atoms with Gasteiger partial charge in [-0.3, -0.25) is 4.72 Å². The van der Waals surface area contributed by atoms with Gasteiger partial charge in [0.25, 0.3) is 0 Å². The highest BCUT2D eigenvalue weighted by Crippen LogP contribution is 2.42. The van der Waals surface area contributed by atoms with Crippen LogP contribution in [0.4, 0.5) is 20.0 Å². The Labute approximate surface area is 236 Å². The highest BCUT2D eigenvalue weighted by molar-refractivity contribution is 7.92. The van der Waals surface area contributed by atoms with Gasteiger partial charge in [0, 0.05) is 37.9 Å². The molecule has 1 aromatic carbocycles. The number of nitrogens with zero attached hydrogens (tertiary/aromatic N) is 5. The van der Waals surface area contributed by atoms with Gasteiger partial charge in [0.1, 0.15) is 5.60 Å². The van der Waals surface area contributed by atoms with E-state index in [1.807, 2.05) is 25.7 Å². The fraction of sp³-hybridized carbons (Fsp3) is 0.440. The van der Waals surface area contributed by atoms with Gasteiger partial charge in [0.2, 0.25) is 15.3 Å². The molecule has 210 valence electrons. The number of carbonyl (C=O) groups is 1. The van der Waals surface area contributed by atoms with E-state index in [0.717, 1.165) is 0 Å². The van der Waals surface area contributed by atoms with Crippen LogP contribution in [-0.4, -0.2) is 71.9 Å². The van der Waals surface area contributed by atoms with Crippen molar-refractivity contribution in [2.24, 2.45) is 0 Å². The van der Waals surface area contributed by atoms with Crippen molar-refractivity contribution >= 4 is 49.9 Å². The number of hydrogen-bond donors (Lipinski definition) is 1. The number of nitrogens with one attached hydrogen (secondary N) is 1. The average molecular weight is 597 g/mol. The van der Waals surface area contributed by atoms with E-state index < -0.39 is 21.4 Å². The number of halogens is 2. The lowest BCUT2D eigenvalue weighted by atomic mass is 10.1. The van der Waals surface area contributed by atoms with Crippen molar-refractivity contribution in [2.45, 2.75) is 39.7 Å². The van der Waals surface area contributed by atoms with E-state index in [0.29, 0.717) is 54.0 Å². The Morgan fingerprint density at radius 2 is 1.90 bits per heavy atom. The molecule has 1 fully saturated rings. The zero-order chi connectivity index (χ0) is 28.4. The zero-order valence-electron chi connectivity index (χ0n) is 22.1. The van der Waals surface area contributed by atoms with Crippen LogP contribution in [-0.2, 0) is 14.8 Å². The molecule has 14 heteroatoms. The van der Waals surface area contributed by atoms with Gasteiger partial charge in [0.05, 0.1) is 27.7 Å². The average Bonchev–Trinajstić information content (AvgIpc) is 3.29. The van der Waals surface area contributed by atoms with Crippen LogP contribution >= 0.6 is 22.9 Å². The molecule has 3 aromatic rings. The Balaban J connectivity index is 1.68. The molecule has 0 unspecified atom stereocenters. The minimum atomic E-state index is -3.71. The van der Waals surface area contributed by atoms with Crippen LogP contribution in [0.1, 0.15) is 34.1 Å². The second kappa shape index (κ2) is 11.6. The third-order valence-electron chi connectivity index (χ3n) is 5.67. The highest BCUT2D eigenvalue weighted by Gasteiger charge is 2.29. The molecule has 3 heterocycles. The van der Waals surface area contributed by atoms with E-state index in [2.05, 4.69) is 14.7 Å². The van der Waals surface area contributed by atoms with E-state index in [4.69, 9.17) is 21.3 Å². The van der Waals surface area contributed by atoms with E-state index in [1.165, 1.54) is 23.6 Å². The summed E-state index contributed by atoms with van der Waals surface area (Å²) >= 11 is 7.35. The fourth-order valence-corrected chi connectivity index (χ4v) is 6.33. The van der Waals surface area contributed by atoms with Gasteiger partial charge in [-0.05, 0) is 57.0 Å². The summed E-state index contributed by atoms with van der Waals surface area (Å²) in [5.41, 5.74) is 0.125. The third-order valence-corrected chi connectivity index (χ3v) is 8.47. The number of hydrogen-bond acceptors (Lipinski definition) is 9. The van der Waals surface area contributed by atoms with Crippen LogP contribution < -0.4 is 9.62 Å². The fourth-order valence-electron chi connectivity index (χ4n) is 3.95. The number of carbonyl (C=O) groups excluding carboxylic acids is 1. The van der Waals surface area contributed by atoms with Crippen molar-refractivity contribution in [1.29, 1.82) is 0 Å². The Morgan fingerprint density at radius 1 is 1.18 bits per heavy atom. The van der Waals surface area contributed by atoms with Gasteiger partial charge in [-0.25, -0.2) is 32.6 Å². The number of amides is 1. The molecule has 2 aromatic heterocycles. The predicted octanol–water partition coefficient (Wildman–Crippen LogP) is 5.27. The SMILES string of the molecule is CCCS(=O)(=O)Nc1cccc(-c2nc(N3CCN(C(=O)OC(C)(C)C)CC3)sc2-c2ccnc(Cl)n2)c1F. The Bertz CT molecular complexity index is 1450. The Kier molecular flexibility index (Phi) is 8.62. The topological polar surface area (TPSA) is 118 Å². The molecule has 1 aliphatic rings. The summed E-state index contributed by atoms with van der Waals surface area (Å²) in [6.45, 7) is 9.05. The summed E-state index contributed by atoms with van der Waals surface area (Å²) in [4.78, 5) is 29.7. The molecule has 10 nitrogen and oxygen atoms in total. The first kappa shape index (κ1) is 29.0. The van der Waals surface area contributed by atoms with Crippen LogP contribution in [0.15, 0.2) is 30.5 Å². The molecule has 0 aliphatic carbocycles. The first-order valence-electron chi connectivity index (χ1n) is 12.4. The summed E-state index contributed by atoms with van der Waals surface area (Å²) in [6, 6.07) is 6.13. The lowest BCUT2D eigenvalue weighted by Crippen LogP contribution is -2.50. The summed E-state index contributed by atoms with van der Waals surface area (Å²) in [6.07, 6.45) is 1.52. The normalized spacial score (nSPS) is 14.4. The van der Waals surface area contributed by atoms with Crippen molar-refractivity contribution in [3.63, 3.8) is 0 Å². The smallest absolute Gasteiger partial charge is 0.410 e. The molecular formula is C25H30ClFN6O4S2. The zero-order valence-corrected chi connectivity index (χ0v) is 24.5.